The molecular weight excluding hydrogens is 256 g/mol. The minimum Gasteiger partial charge on any atom is -0.392 e. The number of hydrogen-bond acceptors (Lipinski definition) is 2. The molecule has 19 heavy (non-hydrogen) atoms. The van der Waals surface area contributed by atoms with Gasteiger partial charge in [-0.2, -0.15) is 0 Å². The highest BCUT2D eigenvalue weighted by Crippen LogP contribution is 2.51. The van der Waals surface area contributed by atoms with E-state index in [0.717, 1.165) is 12.0 Å². The Morgan fingerprint density at radius 3 is 2.53 bits per heavy atom. The molecular formula is C15H20N2OS. The molecule has 1 aliphatic carbocycles. The van der Waals surface area contributed by atoms with E-state index in [1.165, 1.54) is 0 Å². The molecule has 2 atom stereocenters. The third-order valence-electron chi connectivity index (χ3n) is 3.92. The molecule has 1 fully saturated rings. The normalized spacial score (nSPS) is 21.5. The van der Waals surface area contributed by atoms with Crippen molar-refractivity contribution in [2.24, 2.45) is 17.1 Å². The summed E-state index contributed by atoms with van der Waals surface area (Å²) < 4.78 is 0. The smallest absolute Gasteiger partial charge is 0.234 e. The molecule has 1 saturated carbocycles. The summed E-state index contributed by atoms with van der Waals surface area (Å²) in [6.45, 7) is 5.13. The van der Waals surface area contributed by atoms with Gasteiger partial charge in [-0.25, -0.2) is 0 Å². The number of nitrogens with one attached hydrogen (secondary N) is 1. The van der Waals surface area contributed by atoms with Crippen molar-refractivity contribution >= 4 is 23.1 Å². The first-order chi connectivity index (χ1) is 8.92. The van der Waals surface area contributed by atoms with Crippen LogP contribution < -0.4 is 11.1 Å². The Morgan fingerprint density at radius 1 is 1.47 bits per heavy atom. The van der Waals surface area contributed by atoms with Crippen LogP contribution in [0.1, 0.15) is 31.7 Å². The highest BCUT2D eigenvalue weighted by molar-refractivity contribution is 7.80. The van der Waals surface area contributed by atoms with Gasteiger partial charge < -0.3 is 11.1 Å². The molecule has 3 nitrogen and oxygen atoms in total. The van der Waals surface area contributed by atoms with Crippen LogP contribution in [-0.2, 0) is 4.79 Å². The lowest BCUT2D eigenvalue weighted by Crippen LogP contribution is -2.37. The van der Waals surface area contributed by atoms with Crippen molar-refractivity contribution in [2.45, 2.75) is 26.2 Å². The van der Waals surface area contributed by atoms with E-state index in [4.69, 9.17) is 18.0 Å². The quantitative estimate of drug-likeness (QED) is 0.811. The average Bonchev–Trinajstić information content (AvgIpc) is 2.96. The zero-order valence-corrected chi connectivity index (χ0v) is 12.2. The first kappa shape index (κ1) is 14.0. The Morgan fingerprint density at radius 2 is 2.05 bits per heavy atom. The fraction of sp³-hybridized carbons (Fsp3) is 0.467. The summed E-state index contributed by atoms with van der Waals surface area (Å²) in [5.74, 6) is -0.0568. The van der Waals surface area contributed by atoms with Gasteiger partial charge in [0.1, 0.15) is 5.92 Å². The van der Waals surface area contributed by atoms with Crippen molar-refractivity contribution in [2.75, 3.05) is 6.54 Å². The predicted octanol–water partition coefficient (Wildman–Crippen LogP) is 2.22. The van der Waals surface area contributed by atoms with Crippen LogP contribution in [0.15, 0.2) is 30.3 Å². The highest BCUT2D eigenvalue weighted by Gasteiger charge is 2.45. The van der Waals surface area contributed by atoms with Crippen molar-refractivity contribution in [3.8, 4) is 0 Å². The summed E-state index contributed by atoms with van der Waals surface area (Å²) >= 11 is 5.03. The van der Waals surface area contributed by atoms with Crippen LogP contribution in [0, 0.1) is 11.3 Å². The minimum absolute atomic E-state index is 0.0959. The SMILES string of the molecule is CC1(C)CC1CNC(=O)C(C(N)=S)c1ccccc1. The molecule has 0 saturated heterocycles. The summed E-state index contributed by atoms with van der Waals surface area (Å²) in [7, 11) is 0. The van der Waals surface area contributed by atoms with Gasteiger partial charge in [0, 0.05) is 6.54 Å². The van der Waals surface area contributed by atoms with Crippen molar-refractivity contribution in [3.05, 3.63) is 35.9 Å². The molecule has 102 valence electrons. The van der Waals surface area contributed by atoms with Gasteiger partial charge in [0.25, 0.3) is 0 Å². The fourth-order valence-electron chi connectivity index (χ4n) is 2.34. The Hall–Kier alpha value is -1.42. The highest BCUT2D eigenvalue weighted by atomic mass is 32.1. The third-order valence-corrected chi connectivity index (χ3v) is 4.16. The Labute approximate surface area is 119 Å². The number of thiocarbonyl (C=S) groups is 1. The summed E-state index contributed by atoms with van der Waals surface area (Å²) in [5.41, 5.74) is 6.92. The van der Waals surface area contributed by atoms with Gasteiger partial charge in [0.05, 0.1) is 4.99 Å². The largest absolute Gasteiger partial charge is 0.392 e. The molecule has 1 aliphatic rings. The lowest BCUT2D eigenvalue weighted by Gasteiger charge is -2.16. The van der Waals surface area contributed by atoms with Crippen LogP contribution in [0.3, 0.4) is 0 Å². The molecule has 1 amide bonds. The van der Waals surface area contributed by atoms with E-state index in [1.807, 2.05) is 30.3 Å². The lowest BCUT2D eigenvalue weighted by molar-refractivity contribution is -0.121. The number of amides is 1. The first-order valence-electron chi connectivity index (χ1n) is 6.54. The maximum absolute atomic E-state index is 12.2. The van der Waals surface area contributed by atoms with Gasteiger partial charge in [-0.1, -0.05) is 56.4 Å². The van der Waals surface area contributed by atoms with Crippen LogP contribution in [-0.4, -0.2) is 17.4 Å². The Bertz CT molecular complexity index is 484. The Kier molecular flexibility index (Phi) is 3.90. The van der Waals surface area contributed by atoms with E-state index in [0.29, 0.717) is 17.9 Å². The number of nitrogens with two attached hydrogens (primary N) is 1. The van der Waals surface area contributed by atoms with Gasteiger partial charge in [-0.05, 0) is 23.3 Å². The van der Waals surface area contributed by atoms with Crippen LogP contribution in [0.2, 0.25) is 0 Å². The molecule has 0 aromatic heterocycles. The molecule has 0 bridgehead atoms. The minimum atomic E-state index is -0.530. The van der Waals surface area contributed by atoms with E-state index in [2.05, 4.69) is 19.2 Å². The molecule has 0 spiro atoms. The first-order valence-corrected chi connectivity index (χ1v) is 6.94. The topological polar surface area (TPSA) is 55.1 Å². The number of benzene rings is 1. The zero-order chi connectivity index (χ0) is 14.0. The fourth-order valence-corrected chi connectivity index (χ4v) is 2.58. The standard InChI is InChI=1S/C15H20N2OS/c1-15(2)8-11(15)9-17-14(18)12(13(16)19)10-6-4-3-5-7-10/h3-7,11-12H,8-9H2,1-2H3,(H2,16,19)(H,17,18). The van der Waals surface area contributed by atoms with Crippen LogP contribution in [0.4, 0.5) is 0 Å². The van der Waals surface area contributed by atoms with Gasteiger partial charge in [-0.3, -0.25) is 4.79 Å². The van der Waals surface area contributed by atoms with Crippen molar-refractivity contribution < 1.29 is 4.79 Å². The van der Waals surface area contributed by atoms with E-state index in [-0.39, 0.29) is 10.9 Å². The number of carbonyl (C=O) groups excluding carboxylic acids is 1. The predicted molar refractivity (Wildman–Crippen MR) is 80.9 cm³/mol. The van der Waals surface area contributed by atoms with Crippen LogP contribution >= 0.6 is 12.2 Å². The third kappa shape index (κ3) is 3.32. The van der Waals surface area contributed by atoms with Gasteiger partial charge in [0.2, 0.25) is 5.91 Å². The maximum Gasteiger partial charge on any atom is 0.234 e. The van der Waals surface area contributed by atoms with E-state index < -0.39 is 5.92 Å². The molecule has 0 aliphatic heterocycles. The van der Waals surface area contributed by atoms with Crippen molar-refractivity contribution in [1.82, 2.24) is 5.32 Å². The Balaban J connectivity index is 2.00. The number of carbonyl (C=O) groups is 1. The van der Waals surface area contributed by atoms with E-state index in [1.54, 1.807) is 0 Å². The van der Waals surface area contributed by atoms with E-state index in [9.17, 15) is 4.79 Å². The molecule has 4 heteroatoms. The lowest BCUT2D eigenvalue weighted by atomic mass is 9.98. The molecule has 3 N–H and O–H groups in total. The van der Waals surface area contributed by atoms with Crippen molar-refractivity contribution in [1.29, 1.82) is 0 Å². The molecule has 1 aromatic carbocycles. The summed E-state index contributed by atoms with van der Waals surface area (Å²) in [5, 5.41) is 2.97. The molecule has 2 unspecified atom stereocenters. The molecule has 1 aromatic rings. The van der Waals surface area contributed by atoms with Crippen LogP contribution in [0.5, 0.6) is 0 Å². The zero-order valence-electron chi connectivity index (χ0n) is 11.3. The van der Waals surface area contributed by atoms with E-state index >= 15 is 0 Å². The van der Waals surface area contributed by atoms with Crippen molar-refractivity contribution in [3.63, 3.8) is 0 Å². The second-order valence-corrected chi connectivity index (χ2v) is 6.35. The number of rotatable bonds is 5. The van der Waals surface area contributed by atoms with Crippen LogP contribution in [0.25, 0.3) is 0 Å². The second-order valence-electron chi connectivity index (χ2n) is 5.88. The second kappa shape index (κ2) is 5.29. The molecule has 0 heterocycles. The van der Waals surface area contributed by atoms with Gasteiger partial charge in [0.15, 0.2) is 0 Å². The van der Waals surface area contributed by atoms with Gasteiger partial charge in [-0.15, -0.1) is 0 Å². The molecule has 2 rings (SSSR count). The maximum atomic E-state index is 12.2. The summed E-state index contributed by atoms with van der Waals surface area (Å²) in [6, 6.07) is 9.44. The monoisotopic (exact) mass is 276 g/mol. The summed E-state index contributed by atoms with van der Waals surface area (Å²) in [4.78, 5) is 12.5. The number of hydrogen-bond donors (Lipinski definition) is 2. The molecule has 0 radical (unpaired) electrons. The summed E-state index contributed by atoms with van der Waals surface area (Å²) in [6.07, 6.45) is 1.16. The van der Waals surface area contributed by atoms with Gasteiger partial charge >= 0.3 is 0 Å². The average molecular weight is 276 g/mol.